The van der Waals surface area contributed by atoms with Crippen LogP contribution in [0.5, 0.6) is 0 Å². The van der Waals surface area contributed by atoms with Gasteiger partial charge in [-0.05, 0) is 23.8 Å². The summed E-state index contributed by atoms with van der Waals surface area (Å²) < 4.78 is 39.3. The molecule has 0 aliphatic carbocycles. The lowest BCUT2D eigenvalue weighted by molar-refractivity contribution is -0.139. The number of rotatable bonds is 5. The number of alkyl halides is 3. The van der Waals surface area contributed by atoms with E-state index >= 15 is 0 Å². The van der Waals surface area contributed by atoms with Gasteiger partial charge in [-0.1, -0.05) is 30.3 Å². The minimum atomic E-state index is -4.72. The predicted molar refractivity (Wildman–Crippen MR) is 92.3 cm³/mol. The number of aliphatic carboxylic acids is 1. The molecule has 0 spiro atoms. The van der Waals surface area contributed by atoms with Crippen LogP contribution in [-0.4, -0.2) is 28.0 Å². The van der Waals surface area contributed by atoms with Crippen molar-refractivity contribution in [1.29, 1.82) is 0 Å². The van der Waals surface area contributed by atoms with Crippen molar-refractivity contribution >= 4 is 22.8 Å². The number of carboxylic acid groups (broad SMARTS) is 1. The van der Waals surface area contributed by atoms with Gasteiger partial charge in [-0.15, -0.1) is 0 Å². The molecule has 1 atom stereocenters. The Hall–Kier alpha value is -3.29. The van der Waals surface area contributed by atoms with Gasteiger partial charge in [-0.2, -0.15) is 13.2 Å². The van der Waals surface area contributed by atoms with Gasteiger partial charge in [0.1, 0.15) is 6.04 Å². The molecular weight excluding hydrogens is 361 g/mol. The first-order valence-electron chi connectivity index (χ1n) is 8.02. The van der Waals surface area contributed by atoms with Crippen molar-refractivity contribution in [3.63, 3.8) is 0 Å². The van der Waals surface area contributed by atoms with Gasteiger partial charge in [0.25, 0.3) is 5.91 Å². The number of carboxylic acids is 1. The van der Waals surface area contributed by atoms with Gasteiger partial charge in [0.05, 0.1) is 11.1 Å². The summed E-state index contributed by atoms with van der Waals surface area (Å²) in [6.07, 6.45) is -3.17. The number of halogens is 3. The van der Waals surface area contributed by atoms with Crippen molar-refractivity contribution in [2.45, 2.75) is 18.6 Å². The summed E-state index contributed by atoms with van der Waals surface area (Å²) in [6.45, 7) is 0. The quantitative estimate of drug-likeness (QED) is 0.636. The Kier molecular flexibility index (Phi) is 4.89. The maximum atomic E-state index is 13.1. The van der Waals surface area contributed by atoms with Gasteiger partial charge in [0, 0.05) is 23.5 Å². The highest BCUT2D eigenvalue weighted by Gasteiger charge is 2.35. The van der Waals surface area contributed by atoms with Crippen LogP contribution >= 0.6 is 0 Å². The molecule has 1 amide bonds. The van der Waals surface area contributed by atoms with Crippen molar-refractivity contribution in [2.75, 3.05) is 0 Å². The number of H-pyrrole nitrogens is 1. The van der Waals surface area contributed by atoms with Gasteiger partial charge in [-0.25, -0.2) is 4.79 Å². The molecule has 0 aliphatic rings. The largest absolute Gasteiger partial charge is 0.480 e. The molecule has 0 saturated carbocycles. The Morgan fingerprint density at radius 1 is 1.07 bits per heavy atom. The van der Waals surface area contributed by atoms with E-state index in [1.165, 1.54) is 12.1 Å². The molecule has 0 bridgehead atoms. The van der Waals surface area contributed by atoms with Gasteiger partial charge >= 0.3 is 12.1 Å². The molecule has 0 aliphatic heterocycles. The van der Waals surface area contributed by atoms with Gasteiger partial charge in [-0.3, -0.25) is 4.79 Å². The van der Waals surface area contributed by atoms with E-state index in [1.54, 1.807) is 18.3 Å². The molecule has 140 valence electrons. The zero-order valence-corrected chi connectivity index (χ0v) is 13.9. The number of hydrogen-bond acceptors (Lipinski definition) is 2. The Balaban J connectivity index is 1.85. The minimum absolute atomic E-state index is 0.0702. The second kappa shape index (κ2) is 7.14. The SMILES string of the molecule is O=C(N[C@@H](Cc1c[nH]c2ccccc12)C(=O)O)c1ccccc1C(F)(F)F. The van der Waals surface area contributed by atoms with Crippen LogP contribution in [0.25, 0.3) is 10.9 Å². The standard InChI is InChI=1S/C19H15F3N2O3/c20-19(21,22)14-7-3-1-6-13(14)17(25)24-16(18(26)27)9-11-10-23-15-8-4-2-5-12(11)15/h1-8,10,16,23H,9H2,(H,24,25)(H,26,27)/t16-/m0/s1. The molecule has 2 aromatic carbocycles. The molecule has 0 saturated heterocycles. The third kappa shape index (κ3) is 3.94. The van der Waals surface area contributed by atoms with Crippen LogP contribution in [0, 0.1) is 0 Å². The lowest BCUT2D eigenvalue weighted by Gasteiger charge is -2.17. The summed E-state index contributed by atoms with van der Waals surface area (Å²) in [5, 5.41) is 12.4. The van der Waals surface area contributed by atoms with Crippen LogP contribution < -0.4 is 5.32 Å². The Labute approximate surface area is 151 Å². The van der Waals surface area contributed by atoms with Crippen LogP contribution in [0.15, 0.2) is 54.7 Å². The summed E-state index contributed by atoms with van der Waals surface area (Å²) in [6, 6.07) is 10.1. The highest BCUT2D eigenvalue weighted by molar-refractivity contribution is 5.98. The number of fused-ring (bicyclic) bond motifs is 1. The van der Waals surface area contributed by atoms with Crippen LogP contribution in [-0.2, 0) is 17.4 Å². The van der Waals surface area contributed by atoms with E-state index in [2.05, 4.69) is 10.3 Å². The van der Waals surface area contributed by atoms with E-state index in [-0.39, 0.29) is 6.42 Å². The number of carbonyl (C=O) groups is 2. The van der Waals surface area contributed by atoms with Crippen molar-refractivity contribution in [3.8, 4) is 0 Å². The van der Waals surface area contributed by atoms with Crippen molar-refractivity contribution in [3.05, 3.63) is 71.4 Å². The summed E-state index contributed by atoms with van der Waals surface area (Å²) in [7, 11) is 0. The average molecular weight is 376 g/mol. The maximum absolute atomic E-state index is 13.1. The Morgan fingerprint density at radius 3 is 2.44 bits per heavy atom. The van der Waals surface area contributed by atoms with Crippen LogP contribution in [0.2, 0.25) is 0 Å². The zero-order valence-electron chi connectivity index (χ0n) is 13.9. The number of aromatic amines is 1. The van der Waals surface area contributed by atoms with Gasteiger partial charge in [0.15, 0.2) is 0 Å². The summed E-state index contributed by atoms with van der Waals surface area (Å²) >= 11 is 0. The second-order valence-electron chi connectivity index (χ2n) is 5.97. The predicted octanol–water partition coefficient (Wildman–Crippen LogP) is 3.61. The molecule has 0 unspecified atom stereocenters. The molecule has 5 nitrogen and oxygen atoms in total. The van der Waals surface area contributed by atoms with Crippen molar-refractivity contribution in [2.24, 2.45) is 0 Å². The Bertz CT molecular complexity index is 995. The normalized spacial score (nSPS) is 12.7. The van der Waals surface area contributed by atoms with Crippen LogP contribution in [0.3, 0.4) is 0 Å². The van der Waals surface area contributed by atoms with E-state index < -0.39 is 35.2 Å². The van der Waals surface area contributed by atoms with Crippen molar-refractivity contribution < 1.29 is 27.9 Å². The minimum Gasteiger partial charge on any atom is -0.480 e. The van der Waals surface area contributed by atoms with E-state index in [4.69, 9.17) is 0 Å². The van der Waals surface area contributed by atoms with Crippen LogP contribution in [0.1, 0.15) is 21.5 Å². The van der Waals surface area contributed by atoms with Crippen LogP contribution in [0.4, 0.5) is 13.2 Å². The molecule has 0 radical (unpaired) electrons. The Morgan fingerprint density at radius 2 is 1.74 bits per heavy atom. The molecule has 3 aromatic rings. The molecular formula is C19H15F3N2O3. The fourth-order valence-electron chi connectivity index (χ4n) is 2.88. The number of aromatic nitrogens is 1. The molecule has 27 heavy (non-hydrogen) atoms. The summed E-state index contributed by atoms with van der Waals surface area (Å²) in [5.74, 6) is -2.42. The second-order valence-corrected chi connectivity index (χ2v) is 5.97. The van der Waals surface area contributed by atoms with Crippen molar-refractivity contribution in [1.82, 2.24) is 10.3 Å². The third-order valence-corrected chi connectivity index (χ3v) is 4.18. The zero-order chi connectivity index (χ0) is 19.6. The highest BCUT2D eigenvalue weighted by atomic mass is 19.4. The first-order valence-corrected chi connectivity index (χ1v) is 8.02. The number of nitrogens with one attached hydrogen (secondary N) is 2. The average Bonchev–Trinajstić information content (AvgIpc) is 3.03. The fraction of sp³-hybridized carbons (Fsp3) is 0.158. The number of carbonyl (C=O) groups excluding carboxylic acids is 1. The molecule has 1 aromatic heterocycles. The smallest absolute Gasteiger partial charge is 0.417 e. The van der Waals surface area contributed by atoms with E-state index in [9.17, 15) is 27.9 Å². The van der Waals surface area contributed by atoms with E-state index in [0.717, 1.165) is 23.0 Å². The van der Waals surface area contributed by atoms with Gasteiger partial charge in [0.2, 0.25) is 0 Å². The summed E-state index contributed by atoms with van der Waals surface area (Å²) in [5.41, 5.74) is -0.290. The lowest BCUT2D eigenvalue weighted by atomic mass is 10.0. The molecule has 3 N–H and O–H groups in total. The topological polar surface area (TPSA) is 82.2 Å². The molecule has 8 heteroatoms. The molecule has 3 rings (SSSR count). The van der Waals surface area contributed by atoms with E-state index in [1.807, 2.05) is 12.1 Å². The van der Waals surface area contributed by atoms with E-state index in [0.29, 0.717) is 5.56 Å². The van der Waals surface area contributed by atoms with Gasteiger partial charge < -0.3 is 15.4 Å². The maximum Gasteiger partial charge on any atom is 0.417 e. The third-order valence-electron chi connectivity index (χ3n) is 4.18. The first kappa shape index (κ1) is 18.5. The molecule has 1 heterocycles. The first-order chi connectivity index (χ1) is 12.8. The highest BCUT2D eigenvalue weighted by Crippen LogP contribution is 2.31. The fourth-order valence-corrected chi connectivity index (χ4v) is 2.88. The number of para-hydroxylation sites is 1. The lowest BCUT2D eigenvalue weighted by Crippen LogP contribution is -2.42. The molecule has 0 fully saturated rings. The number of amides is 1. The summed E-state index contributed by atoms with van der Waals surface area (Å²) in [4.78, 5) is 26.9. The number of hydrogen-bond donors (Lipinski definition) is 3. The number of benzene rings is 2. The monoisotopic (exact) mass is 376 g/mol.